The lowest BCUT2D eigenvalue weighted by molar-refractivity contribution is -0.116. The molecule has 1 unspecified atom stereocenters. The number of rotatable bonds is 4. The Bertz CT molecular complexity index is 780. The van der Waals surface area contributed by atoms with Gasteiger partial charge in [-0.25, -0.2) is 13.1 Å². The van der Waals surface area contributed by atoms with E-state index in [1.54, 1.807) is 23.1 Å². The maximum absolute atomic E-state index is 12.7. The highest BCUT2D eigenvalue weighted by Gasteiger charge is 2.33. The van der Waals surface area contributed by atoms with Crippen LogP contribution in [0.15, 0.2) is 23.1 Å². The van der Waals surface area contributed by atoms with Gasteiger partial charge in [-0.05, 0) is 55.0 Å². The predicted octanol–water partition coefficient (Wildman–Crippen LogP) is 2.07. The molecular formula is C18H28ClN3O3S. The molecule has 1 fully saturated rings. The Morgan fingerprint density at radius 2 is 2.12 bits per heavy atom. The Hall–Kier alpha value is -1.15. The first-order valence-electron chi connectivity index (χ1n) is 8.85. The number of hydrogen-bond donors (Lipinski definition) is 2. The van der Waals surface area contributed by atoms with Crippen molar-refractivity contribution in [3.05, 3.63) is 23.8 Å². The van der Waals surface area contributed by atoms with Gasteiger partial charge >= 0.3 is 0 Å². The van der Waals surface area contributed by atoms with Gasteiger partial charge in [-0.3, -0.25) is 4.79 Å². The Balaban J connectivity index is 0.00000243. The fraction of sp³-hybridized carbons (Fsp3) is 0.611. The summed E-state index contributed by atoms with van der Waals surface area (Å²) in [5.41, 5.74) is 1.80. The molecule has 1 amide bonds. The summed E-state index contributed by atoms with van der Waals surface area (Å²) in [6, 6.07) is 5.14. The molecule has 6 nitrogen and oxygen atoms in total. The standard InChI is InChI=1S/C18H27N3O3S.ClH/c1-13(22)21-10-7-14-11-15(5-6-16(14)21)25(23,24)20-12-17-18(2,3)8-4-9-19-17;/h5-6,11,17,19-20H,4,7-10,12H2,1-3H3;1H. The maximum Gasteiger partial charge on any atom is 0.240 e. The third kappa shape index (κ3) is 4.22. The summed E-state index contributed by atoms with van der Waals surface area (Å²) in [6.07, 6.45) is 2.90. The molecule has 146 valence electrons. The molecule has 0 spiro atoms. The first-order valence-corrected chi connectivity index (χ1v) is 10.3. The molecule has 1 aromatic rings. The Kier molecular flexibility index (Phi) is 6.38. The number of fused-ring (bicyclic) bond motifs is 1. The second-order valence-corrected chi connectivity index (χ2v) is 9.43. The van der Waals surface area contributed by atoms with E-state index in [1.165, 1.54) is 6.92 Å². The van der Waals surface area contributed by atoms with E-state index in [0.29, 0.717) is 19.5 Å². The summed E-state index contributed by atoms with van der Waals surface area (Å²) in [6.45, 7) is 7.79. The molecule has 0 bridgehead atoms. The third-order valence-corrected chi connectivity index (χ3v) is 6.87. The van der Waals surface area contributed by atoms with Gasteiger partial charge in [0.1, 0.15) is 0 Å². The first kappa shape index (κ1) is 21.2. The molecule has 0 aromatic heterocycles. The van der Waals surface area contributed by atoms with Gasteiger partial charge in [-0.2, -0.15) is 0 Å². The van der Waals surface area contributed by atoms with Gasteiger partial charge in [0.15, 0.2) is 0 Å². The number of halogens is 1. The number of benzene rings is 1. The van der Waals surface area contributed by atoms with E-state index < -0.39 is 10.0 Å². The van der Waals surface area contributed by atoms with Crippen LogP contribution < -0.4 is 14.9 Å². The van der Waals surface area contributed by atoms with Gasteiger partial charge in [0.25, 0.3) is 0 Å². The highest BCUT2D eigenvalue weighted by atomic mass is 35.5. The average Bonchev–Trinajstić information content (AvgIpc) is 2.96. The lowest BCUT2D eigenvalue weighted by Gasteiger charge is -2.39. The van der Waals surface area contributed by atoms with Crippen LogP contribution in [0.4, 0.5) is 5.69 Å². The molecule has 3 rings (SSSR count). The first-order chi connectivity index (χ1) is 11.7. The molecular weight excluding hydrogens is 374 g/mol. The van der Waals surface area contributed by atoms with Crippen molar-refractivity contribution in [1.82, 2.24) is 10.0 Å². The number of piperidine rings is 1. The maximum atomic E-state index is 12.7. The highest BCUT2D eigenvalue weighted by molar-refractivity contribution is 7.89. The van der Waals surface area contributed by atoms with Crippen LogP contribution in [-0.2, 0) is 21.2 Å². The Morgan fingerprint density at radius 3 is 2.77 bits per heavy atom. The number of anilines is 1. The number of carbonyl (C=O) groups excluding carboxylic acids is 1. The SMILES string of the molecule is CC(=O)N1CCc2cc(S(=O)(=O)NCC3NCCCC3(C)C)ccc21.Cl. The summed E-state index contributed by atoms with van der Waals surface area (Å²) in [5, 5.41) is 3.42. The van der Waals surface area contributed by atoms with Crippen LogP contribution in [0.1, 0.15) is 39.2 Å². The van der Waals surface area contributed by atoms with Crippen LogP contribution >= 0.6 is 12.4 Å². The fourth-order valence-corrected chi connectivity index (χ4v) is 4.87. The third-order valence-electron chi connectivity index (χ3n) is 5.45. The number of hydrogen-bond acceptors (Lipinski definition) is 4. The minimum atomic E-state index is -3.56. The van der Waals surface area contributed by atoms with Gasteiger partial charge in [0.2, 0.25) is 15.9 Å². The normalized spacial score (nSPS) is 21.8. The number of carbonyl (C=O) groups is 1. The van der Waals surface area contributed by atoms with Crippen LogP contribution in [0.2, 0.25) is 0 Å². The number of amides is 1. The Labute approximate surface area is 162 Å². The number of sulfonamides is 1. The molecule has 1 saturated heterocycles. The van der Waals surface area contributed by atoms with Crippen LogP contribution in [0.3, 0.4) is 0 Å². The quantitative estimate of drug-likeness (QED) is 0.809. The van der Waals surface area contributed by atoms with Gasteiger partial charge in [-0.1, -0.05) is 13.8 Å². The van der Waals surface area contributed by atoms with E-state index in [9.17, 15) is 13.2 Å². The Morgan fingerprint density at radius 1 is 1.38 bits per heavy atom. The molecule has 0 aliphatic carbocycles. The second kappa shape index (κ2) is 7.84. The van der Waals surface area contributed by atoms with Gasteiger partial charge in [-0.15, -0.1) is 12.4 Å². The van der Waals surface area contributed by atoms with Crippen LogP contribution in [0, 0.1) is 5.41 Å². The smallest absolute Gasteiger partial charge is 0.240 e. The lowest BCUT2D eigenvalue weighted by Crippen LogP contribution is -2.52. The van der Waals surface area contributed by atoms with Crippen LogP contribution in [0.25, 0.3) is 0 Å². The topological polar surface area (TPSA) is 78.5 Å². The van der Waals surface area contributed by atoms with Crippen molar-refractivity contribution in [3.63, 3.8) is 0 Å². The molecule has 1 aromatic carbocycles. The largest absolute Gasteiger partial charge is 0.312 e. The minimum absolute atomic E-state index is 0. The van der Waals surface area contributed by atoms with Crippen molar-refractivity contribution in [2.24, 2.45) is 5.41 Å². The molecule has 8 heteroatoms. The van der Waals surface area contributed by atoms with Crippen molar-refractivity contribution in [2.45, 2.75) is 51.0 Å². The average molecular weight is 402 g/mol. The van der Waals surface area contributed by atoms with E-state index >= 15 is 0 Å². The molecule has 2 aliphatic heterocycles. The summed E-state index contributed by atoms with van der Waals surface area (Å²) in [5.74, 6) is -0.0157. The molecule has 0 saturated carbocycles. The molecule has 26 heavy (non-hydrogen) atoms. The minimum Gasteiger partial charge on any atom is -0.312 e. The number of nitrogens with zero attached hydrogens (tertiary/aromatic N) is 1. The highest BCUT2D eigenvalue weighted by Crippen LogP contribution is 2.31. The molecule has 0 radical (unpaired) electrons. The molecule has 1 atom stereocenters. The van der Waals surface area contributed by atoms with Gasteiger partial charge in [0.05, 0.1) is 4.90 Å². The van der Waals surface area contributed by atoms with Crippen LogP contribution in [-0.4, -0.2) is 40.0 Å². The zero-order valence-corrected chi connectivity index (χ0v) is 17.2. The lowest BCUT2D eigenvalue weighted by atomic mass is 9.78. The predicted molar refractivity (Wildman–Crippen MR) is 105 cm³/mol. The number of nitrogens with one attached hydrogen (secondary N) is 2. The summed E-state index contributed by atoms with van der Waals surface area (Å²) in [4.78, 5) is 13.6. The zero-order valence-electron chi connectivity index (χ0n) is 15.5. The van der Waals surface area contributed by atoms with Crippen LogP contribution in [0.5, 0.6) is 0 Å². The monoisotopic (exact) mass is 401 g/mol. The van der Waals surface area contributed by atoms with E-state index in [0.717, 1.165) is 30.6 Å². The van der Waals surface area contributed by atoms with Crippen molar-refractivity contribution in [3.8, 4) is 0 Å². The van der Waals surface area contributed by atoms with Gasteiger partial charge in [0, 0.05) is 31.7 Å². The van der Waals surface area contributed by atoms with Crippen molar-refractivity contribution in [1.29, 1.82) is 0 Å². The zero-order chi connectivity index (χ0) is 18.2. The molecule has 2 aliphatic rings. The van der Waals surface area contributed by atoms with E-state index in [1.807, 2.05) is 0 Å². The van der Waals surface area contributed by atoms with Gasteiger partial charge < -0.3 is 10.2 Å². The van der Waals surface area contributed by atoms with E-state index in [2.05, 4.69) is 23.9 Å². The fourth-order valence-electron chi connectivity index (χ4n) is 3.77. The summed E-state index contributed by atoms with van der Waals surface area (Å²) in [7, 11) is -3.56. The molecule has 2 heterocycles. The summed E-state index contributed by atoms with van der Waals surface area (Å²) >= 11 is 0. The van der Waals surface area contributed by atoms with E-state index in [-0.39, 0.29) is 34.7 Å². The van der Waals surface area contributed by atoms with Crippen molar-refractivity contribution in [2.75, 3.05) is 24.5 Å². The van der Waals surface area contributed by atoms with Crippen molar-refractivity contribution < 1.29 is 13.2 Å². The van der Waals surface area contributed by atoms with Crippen molar-refractivity contribution >= 4 is 34.0 Å². The van der Waals surface area contributed by atoms with E-state index in [4.69, 9.17) is 0 Å². The second-order valence-electron chi connectivity index (χ2n) is 7.66. The summed E-state index contributed by atoms with van der Waals surface area (Å²) < 4.78 is 28.1. The molecule has 2 N–H and O–H groups in total.